The van der Waals surface area contributed by atoms with Crippen molar-refractivity contribution in [3.05, 3.63) is 36.3 Å². The lowest BCUT2D eigenvalue weighted by Gasteiger charge is -2.18. The number of ether oxygens (including phenoxy) is 1. The van der Waals surface area contributed by atoms with E-state index in [0.29, 0.717) is 5.92 Å². The molecule has 1 saturated carbocycles. The smallest absolute Gasteiger partial charge is 0.435 e. The topological polar surface area (TPSA) is 57.0 Å². The molecule has 5 nitrogen and oxygen atoms in total. The van der Waals surface area contributed by atoms with Gasteiger partial charge in [-0.3, -0.25) is 4.98 Å². The minimum atomic E-state index is -0.534. The lowest BCUT2D eigenvalue weighted by molar-refractivity contribution is 0.0514. The molecule has 3 rings (SSSR count). The van der Waals surface area contributed by atoms with Crippen molar-refractivity contribution < 1.29 is 9.53 Å². The Hall–Kier alpha value is -2.17. The Morgan fingerprint density at radius 3 is 2.67 bits per heavy atom. The van der Waals surface area contributed by atoms with Gasteiger partial charge < -0.3 is 4.74 Å². The number of carbonyl (C=O) groups is 1. The number of pyridine rings is 1. The van der Waals surface area contributed by atoms with Crippen LogP contribution >= 0.6 is 0 Å². The molecular weight excluding hydrogens is 266 g/mol. The molecule has 0 unspecified atom stereocenters. The standard InChI is InChI=1S/C16H19N3O2/c1-16(2,3)21-15(20)19-10-12(13-6-4-5-9-17-13)14(18-19)11-7-8-11/h4-6,9-11H,7-8H2,1-3H3. The van der Waals surface area contributed by atoms with Crippen LogP contribution in [-0.2, 0) is 4.74 Å². The van der Waals surface area contributed by atoms with Gasteiger partial charge in [-0.1, -0.05) is 6.07 Å². The molecule has 0 saturated heterocycles. The Kier molecular flexibility index (Phi) is 3.27. The number of rotatable bonds is 2. The Labute approximate surface area is 124 Å². The van der Waals surface area contributed by atoms with Gasteiger partial charge >= 0.3 is 6.09 Å². The predicted molar refractivity (Wildman–Crippen MR) is 79.1 cm³/mol. The number of hydrogen-bond donors (Lipinski definition) is 0. The van der Waals surface area contributed by atoms with Crippen LogP contribution in [0.5, 0.6) is 0 Å². The molecule has 1 aliphatic carbocycles. The summed E-state index contributed by atoms with van der Waals surface area (Å²) in [4.78, 5) is 16.5. The van der Waals surface area contributed by atoms with Crippen molar-refractivity contribution in [2.75, 3.05) is 0 Å². The molecule has 0 amide bonds. The molecule has 0 aromatic carbocycles. The summed E-state index contributed by atoms with van der Waals surface area (Å²) >= 11 is 0. The zero-order chi connectivity index (χ0) is 15.0. The molecule has 21 heavy (non-hydrogen) atoms. The average Bonchev–Trinajstić information content (AvgIpc) is 3.16. The van der Waals surface area contributed by atoms with Gasteiger partial charge in [0.2, 0.25) is 0 Å². The quantitative estimate of drug-likeness (QED) is 0.845. The maximum absolute atomic E-state index is 12.2. The van der Waals surface area contributed by atoms with E-state index in [1.165, 1.54) is 4.68 Å². The second-order valence-electron chi connectivity index (χ2n) is 6.34. The van der Waals surface area contributed by atoms with Gasteiger partial charge in [0, 0.05) is 23.9 Å². The van der Waals surface area contributed by atoms with Crippen LogP contribution in [0, 0.1) is 0 Å². The molecule has 2 aromatic heterocycles. The van der Waals surface area contributed by atoms with Crippen molar-refractivity contribution in [1.82, 2.24) is 14.8 Å². The summed E-state index contributed by atoms with van der Waals surface area (Å²) in [6.45, 7) is 5.53. The second-order valence-corrected chi connectivity index (χ2v) is 6.34. The van der Waals surface area contributed by atoms with Crippen LogP contribution in [0.1, 0.15) is 45.2 Å². The molecule has 0 bridgehead atoms. The summed E-state index contributed by atoms with van der Waals surface area (Å²) in [5.74, 6) is 0.436. The summed E-state index contributed by atoms with van der Waals surface area (Å²) in [7, 11) is 0. The molecule has 0 atom stereocenters. The Balaban J connectivity index is 1.96. The maximum atomic E-state index is 12.2. The van der Waals surface area contributed by atoms with Crippen molar-refractivity contribution in [3.8, 4) is 11.3 Å². The molecule has 5 heteroatoms. The number of carbonyl (C=O) groups excluding carboxylic acids is 1. The normalized spacial score (nSPS) is 15.0. The van der Waals surface area contributed by atoms with Gasteiger partial charge in [0.15, 0.2) is 0 Å². The minimum Gasteiger partial charge on any atom is -0.442 e. The predicted octanol–water partition coefficient (Wildman–Crippen LogP) is 3.61. The van der Waals surface area contributed by atoms with Crippen molar-refractivity contribution in [2.45, 2.75) is 45.1 Å². The molecule has 1 fully saturated rings. The molecule has 0 spiro atoms. The van der Waals surface area contributed by atoms with Gasteiger partial charge in [-0.25, -0.2) is 4.79 Å². The summed E-state index contributed by atoms with van der Waals surface area (Å²) in [6.07, 6.45) is 5.25. The molecule has 0 aliphatic heterocycles. The third kappa shape index (κ3) is 3.12. The largest absolute Gasteiger partial charge is 0.442 e. The summed E-state index contributed by atoms with van der Waals surface area (Å²) in [5, 5.41) is 4.43. The van der Waals surface area contributed by atoms with Crippen molar-refractivity contribution in [3.63, 3.8) is 0 Å². The fraction of sp³-hybridized carbons (Fsp3) is 0.438. The van der Waals surface area contributed by atoms with Crippen LogP contribution in [-0.4, -0.2) is 26.5 Å². The third-order valence-corrected chi connectivity index (χ3v) is 3.23. The van der Waals surface area contributed by atoms with E-state index < -0.39 is 11.7 Å². The first kappa shape index (κ1) is 13.8. The first-order valence-corrected chi connectivity index (χ1v) is 7.18. The highest BCUT2D eigenvalue weighted by Gasteiger charge is 2.31. The van der Waals surface area contributed by atoms with Crippen LogP contribution < -0.4 is 0 Å². The van der Waals surface area contributed by atoms with Gasteiger partial charge in [0.1, 0.15) is 5.60 Å². The first-order chi connectivity index (χ1) is 9.94. The Morgan fingerprint density at radius 2 is 2.10 bits per heavy atom. The molecule has 2 heterocycles. The lowest BCUT2D eigenvalue weighted by Crippen LogP contribution is -2.27. The van der Waals surface area contributed by atoms with E-state index in [1.54, 1.807) is 12.4 Å². The van der Waals surface area contributed by atoms with E-state index in [2.05, 4.69) is 10.1 Å². The molecule has 110 valence electrons. The van der Waals surface area contributed by atoms with Crippen LogP contribution in [0.15, 0.2) is 30.6 Å². The van der Waals surface area contributed by atoms with E-state index in [4.69, 9.17) is 4.74 Å². The Bertz CT molecular complexity index is 652. The average molecular weight is 285 g/mol. The summed E-state index contributed by atoms with van der Waals surface area (Å²) < 4.78 is 6.66. The zero-order valence-corrected chi connectivity index (χ0v) is 12.5. The number of nitrogens with zero attached hydrogens (tertiary/aromatic N) is 3. The van der Waals surface area contributed by atoms with E-state index in [0.717, 1.165) is 29.8 Å². The van der Waals surface area contributed by atoms with Crippen LogP contribution in [0.25, 0.3) is 11.3 Å². The van der Waals surface area contributed by atoms with Gasteiger partial charge in [-0.05, 0) is 45.7 Å². The minimum absolute atomic E-state index is 0.436. The molecule has 2 aromatic rings. The first-order valence-electron chi connectivity index (χ1n) is 7.18. The zero-order valence-electron chi connectivity index (χ0n) is 12.5. The summed E-state index contributed by atoms with van der Waals surface area (Å²) in [6, 6.07) is 5.74. The van der Waals surface area contributed by atoms with Crippen LogP contribution in [0.2, 0.25) is 0 Å². The van der Waals surface area contributed by atoms with Crippen molar-refractivity contribution in [2.24, 2.45) is 0 Å². The fourth-order valence-electron chi connectivity index (χ4n) is 2.17. The maximum Gasteiger partial charge on any atom is 0.435 e. The highest BCUT2D eigenvalue weighted by Crippen LogP contribution is 2.43. The van der Waals surface area contributed by atoms with Gasteiger partial charge in [-0.15, -0.1) is 0 Å². The van der Waals surface area contributed by atoms with Crippen molar-refractivity contribution >= 4 is 6.09 Å². The van der Waals surface area contributed by atoms with Crippen molar-refractivity contribution in [1.29, 1.82) is 0 Å². The number of aromatic nitrogens is 3. The lowest BCUT2D eigenvalue weighted by atomic mass is 10.1. The molecule has 0 N–H and O–H groups in total. The summed E-state index contributed by atoms with van der Waals surface area (Å²) in [5.41, 5.74) is 2.17. The molecule has 1 aliphatic rings. The number of hydrogen-bond acceptors (Lipinski definition) is 4. The van der Waals surface area contributed by atoms with Gasteiger partial charge in [-0.2, -0.15) is 9.78 Å². The SMILES string of the molecule is CC(C)(C)OC(=O)n1cc(-c2ccccn2)c(C2CC2)n1. The van der Waals surface area contributed by atoms with E-state index in [1.807, 2.05) is 39.0 Å². The molecular formula is C16H19N3O2. The highest BCUT2D eigenvalue weighted by atomic mass is 16.6. The highest BCUT2D eigenvalue weighted by molar-refractivity contribution is 5.73. The van der Waals surface area contributed by atoms with E-state index in [9.17, 15) is 4.79 Å². The fourth-order valence-corrected chi connectivity index (χ4v) is 2.17. The van der Waals surface area contributed by atoms with Gasteiger partial charge in [0.25, 0.3) is 0 Å². The van der Waals surface area contributed by atoms with Gasteiger partial charge in [0.05, 0.1) is 11.4 Å². The van der Waals surface area contributed by atoms with Crippen LogP contribution in [0.4, 0.5) is 4.79 Å². The van der Waals surface area contributed by atoms with E-state index >= 15 is 0 Å². The second kappa shape index (κ2) is 4.98. The van der Waals surface area contributed by atoms with E-state index in [-0.39, 0.29) is 0 Å². The van der Waals surface area contributed by atoms with Crippen LogP contribution in [0.3, 0.4) is 0 Å². The molecule has 0 radical (unpaired) electrons. The third-order valence-electron chi connectivity index (χ3n) is 3.23. The Morgan fingerprint density at radius 1 is 1.33 bits per heavy atom. The monoisotopic (exact) mass is 285 g/mol.